The maximum atomic E-state index is 10.9. The molecule has 1 heterocycles. The van der Waals surface area contributed by atoms with Crippen molar-refractivity contribution in [1.82, 2.24) is 10.2 Å². The van der Waals surface area contributed by atoms with Gasteiger partial charge in [-0.05, 0) is 45.8 Å². The molecule has 0 bridgehead atoms. The van der Waals surface area contributed by atoms with Gasteiger partial charge in [0, 0.05) is 6.54 Å². The number of carbonyl (C=O) groups excluding carboxylic acids is 1. The summed E-state index contributed by atoms with van der Waals surface area (Å²) in [5.41, 5.74) is 5.25. The van der Waals surface area contributed by atoms with Crippen molar-refractivity contribution in [3.63, 3.8) is 0 Å². The first-order valence-corrected chi connectivity index (χ1v) is 5.31. The van der Waals surface area contributed by atoms with Gasteiger partial charge in [-0.2, -0.15) is 0 Å². The van der Waals surface area contributed by atoms with Crippen molar-refractivity contribution < 1.29 is 4.79 Å². The van der Waals surface area contributed by atoms with Gasteiger partial charge >= 0.3 is 0 Å². The Bertz CT molecular complexity index is 190. The second kappa shape index (κ2) is 5.32. The average Bonchev–Trinajstić information content (AvgIpc) is 2.18. The Morgan fingerprint density at radius 3 is 2.93 bits per heavy atom. The Labute approximate surface area is 85.8 Å². The van der Waals surface area contributed by atoms with Gasteiger partial charge in [0.25, 0.3) is 0 Å². The fourth-order valence-electron chi connectivity index (χ4n) is 1.86. The number of carbonyl (C=O) groups is 1. The van der Waals surface area contributed by atoms with E-state index in [1.54, 1.807) is 0 Å². The minimum atomic E-state index is -0.240. The molecule has 3 N–H and O–H groups in total. The van der Waals surface area contributed by atoms with Gasteiger partial charge in [-0.3, -0.25) is 9.69 Å². The summed E-state index contributed by atoms with van der Waals surface area (Å²) in [6, 6.07) is -0.156. The van der Waals surface area contributed by atoms with E-state index in [4.69, 9.17) is 5.73 Å². The van der Waals surface area contributed by atoms with Gasteiger partial charge in [-0.15, -0.1) is 0 Å². The van der Waals surface area contributed by atoms with Crippen LogP contribution in [0.25, 0.3) is 0 Å². The van der Waals surface area contributed by atoms with Gasteiger partial charge < -0.3 is 11.1 Å². The van der Waals surface area contributed by atoms with Crippen LogP contribution in [0.1, 0.15) is 19.8 Å². The Morgan fingerprint density at radius 1 is 1.71 bits per heavy atom. The molecule has 1 saturated heterocycles. The first-order valence-electron chi connectivity index (χ1n) is 5.31. The van der Waals surface area contributed by atoms with E-state index in [9.17, 15) is 4.79 Å². The zero-order valence-electron chi connectivity index (χ0n) is 9.12. The number of rotatable bonds is 4. The zero-order valence-corrected chi connectivity index (χ0v) is 9.12. The fraction of sp³-hybridized carbons (Fsp3) is 0.900. The van der Waals surface area contributed by atoms with Crippen LogP contribution in [0.3, 0.4) is 0 Å². The number of nitrogens with two attached hydrogens (primary N) is 1. The van der Waals surface area contributed by atoms with E-state index >= 15 is 0 Å². The van der Waals surface area contributed by atoms with Crippen LogP contribution in [0.2, 0.25) is 0 Å². The van der Waals surface area contributed by atoms with E-state index in [0.29, 0.717) is 5.92 Å². The number of nitrogens with zero attached hydrogens (tertiary/aromatic N) is 1. The predicted octanol–water partition coefficient (Wildman–Crippen LogP) is -0.208. The summed E-state index contributed by atoms with van der Waals surface area (Å²) in [5.74, 6) is 0.423. The van der Waals surface area contributed by atoms with Crippen molar-refractivity contribution in [3.05, 3.63) is 0 Å². The Balaban J connectivity index is 2.31. The molecule has 0 saturated carbocycles. The average molecular weight is 199 g/mol. The molecule has 0 aromatic heterocycles. The van der Waals surface area contributed by atoms with Crippen LogP contribution in [0.15, 0.2) is 0 Å². The van der Waals surface area contributed by atoms with Crippen LogP contribution in [0.4, 0.5) is 0 Å². The van der Waals surface area contributed by atoms with Gasteiger partial charge in [0.15, 0.2) is 0 Å². The summed E-state index contributed by atoms with van der Waals surface area (Å²) in [6.45, 7) is 5.01. The molecule has 82 valence electrons. The van der Waals surface area contributed by atoms with E-state index in [1.165, 1.54) is 12.8 Å². The topological polar surface area (TPSA) is 58.4 Å². The van der Waals surface area contributed by atoms with Gasteiger partial charge in [0.2, 0.25) is 5.91 Å². The second-order valence-electron chi connectivity index (χ2n) is 4.23. The highest BCUT2D eigenvalue weighted by atomic mass is 16.1. The lowest BCUT2D eigenvalue weighted by molar-refractivity contribution is -0.122. The fourth-order valence-corrected chi connectivity index (χ4v) is 1.86. The molecular formula is C10H21N3O. The van der Waals surface area contributed by atoms with Crippen molar-refractivity contribution >= 4 is 5.91 Å². The van der Waals surface area contributed by atoms with Gasteiger partial charge in [-0.1, -0.05) is 0 Å². The van der Waals surface area contributed by atoms with Crippen LogP contribution in [-0.4, -0.2) is 43.5 Å². The minimum absolute atomic E-state index is 0.156. The molecule has 0 radical (unpaired) electrons. The molecule has 1 aliphatic rings. The van der Waals surface area contributed by atoms with Crippen molar-refractivity contribution in [2.45, 2.75) is 25.8 Å². The molecule has 0 aromatic rings. The first kappa shape index (κ1) is 11.5. The lowest BCUT2D eigenvalue weighted by Gasteiger charge is -2.29. The maximum Gasteiger partial charge on any atom is 0.234 e. The predicted molar refractivity (Wildman–Crippen MR) is 56.9 cm³/mol. The monoisotopic (exact) mass is 199 g/mol. The molecule has 0 aliphatic carbocycles. The molecule has 0 aromatic carbocycles. The van der Waals surface area contributed by atoms with E-state index in [0.717, 1.165) is 19.6 Å². The minimum Gasteiger partial charge on any atom is -0.368 e. The second-order valence-corrected chi connectivity index (χ2v) is 4.23. The number of hydrogen-bond acceptors (Lipinski definition) is 3. The lowest BCUT2D eigenvalue weighted by Crippen LogP contribution is -2.45. The first-order chi connectivity index (χ1) is 6.61. The van der Waals surface area contributed by atoms with Crippen LogP contribution in [-0.2, 0) is 4.79 Å². The number of likely N-dealkylation sites (N-methyl/N-ethyl adjacent to an activating group) is 1. The van der Waals surface area contributed by atoms with Crippen molar-refractivity contribution in [3.8, 4) is 0 Å². The molecule has 1 aliphatic heterocycles. The molecule has 0 spiro atoms. The summed E-state index contributed by atoms with van der Waals surface area (Å²) >= 11 is 0. The molecule has 1 rings (SSSR count). The zero-order chi connectivity index (χ0) is 10.6. The van der Waals surface area contributed by atoms with Crippen LogP contribution in [0, 0.1) is 5.92 Å². The van der Waals surface area contributed by atoms with Crippen LogP contribution < -0.4 is 11.1 Å². The van der Waals surface area contributed by atoms with Crippen molar-refractivity contribution in [1.29, 1.82) is 0 Å². The standard InChI is InChI=1S/C10H21N3O/c1-8(10(11)14)13(2)7-9-4-3-5-12-6-9/h8-9,12H,3-7H2,1-2H3,(H2,11,14). The summed E-state index contributed by atoms with van der Waals surface area (Å²) in [5, 5.41) is 3.37. The third kappa shape index (κ3) is 3.27. The Kier molecular flexibility index (Phi) is 4.35. The van der Waals surface area contributed by atoms with Crippen molar-refractivity contribution in [2.24, 2.45) is 11.7 Å². The van der Waals surface area contributed by atoms with E-state index in [1.807, 2.05) is 18.9 Å². The summed E-state index contributed by atoms with van der Waals surface area (Å²) in [4.78, 5) is 13.0. The molecule has 2 unspecified atom stereocenters. The SMILES string of the molecule is CC(C(N)=O)N(C)CC1CCCNC1. The number of nitrogens with one attached hydrogen (secondary N) is 1. The quantitative estimate of drug-likeness (QED) is 0.659. The molecule has 1 amide bonds. The van der Waals surface area contributed by atoms with Crippen molar-refractivity contribution in [2.75, 3.05) is 26.7 Å². The molecule has 4 nitrogen and oxygen atoms in total. The van der Waals surface area contributed by atoms with Crippen LogP contribution in [0.5, 0.6) is 0 Å². The summed E-state index contributed by atoms with van der Waals surface area (Å²) in [7, 11) is 1.96. The number of amides is 1. The molecule has 1 fully saturated rings. The highest BCUT2D eigenvalue weighted by Gasteiger charge is 2.20. The molecule has 4 heteroatoms. The van der Waals surface area contributed by atoms with E-state index in [2.05, 4.69) is 5.32 Å². The maximum absolute atomic E-state index is 10.9. The number of hydrogen-bond donors (Lipinski definition) is 2. The molecule has 2 atom stereocenters. The van der Waals surface area contributed by atoms with E-state index in [-0.39, 0.29) is 11.9 Å². The normalized spacial score (nSPS) is 24.9. The largest absolute Gasteiger partial charge is 0.368 e. The number of piperidine rings is 1. The van der Waals surface area contributed by atoms with Gasteiger partial charge in [0.1, 0.15) is 0 Å². The summed E-state index contributed by atoms with van der Waals surface area (Å²) in [6.07, 6.45) is 2.49. The number of primary amides is 1. The van der Waals surface area contributed by atoms with Crippen LogP contribution >= 0.6 is 0 Å². The van der Waals surface area contributed by atoms with Gasteiger partial charge in [-0.25, -0.2) is 0 Å². The molecule has 14 heavy (non-hydrogen) atoms. The molecular weight excluding hydrogens is 178 g/mol. The lowest BCUT2D eigenvalue weighted by atomic mass is 9.99. The highest BCUT2D eigenvalue weighted by molar-refractivity contribution is 5.79. The Hall–Kier alpha value is -0.610. The highest BCUT2D eigenvalue weighted by Crippen LogP contribution is 2.12. The third-order valence-electron chi connectivity index (χ3n) is 3.02. The smallest absolute Gasteiger partial charge is 0.234 e. The van der Waals surface area contributed by atoms with E-state index < -0.39 is 0 Å². The third-order valence-corrected chi connectivity index (χ3v) is 3.02. The Morgan fingerprint density at radius 2 is 2.43 bits per heavy atom. The summed E-state index contributed by atoms with van der Waals surface area (Å²) < 4.78 is 0. The van der Waals surface area contributed by atoms with Gasteiger partial charge in [0.05, 0.1) is 6.04 Å².